The van der Waals surface area contributed by atoms with Gasteiger partial charge in [-0.05, 0) is 47.1 Å². The Morgan fingerprint density at radius 2 is 1.81 bits per heavy atom. The summed E-state index contributed by atoms with van der Waals surface area (Å²) in [6, 6.07) is 12.0. The number of rotatable bonds is 13. The van der Waals surface area contributed by atoms with Crippen molar-refractivity contribution < 1.29 is 24.2 Å². The minimum absolute atomic E-state index is 0.00726. The van der Waals surface area contributed by atoms with Crippen LogP contribution >= 0.6 is 0 Å². The first-order chi connectivity index (χ1) is 15.6. The minimum atomic E-state index is -0.135. The van der Waals surface area contributed by atoms with Crippen molar-refractivity contribution in [3.8, 4) is 11.1 Å². The molecule has 172 valence electrons. The molecule has 0 spiro atoms. The van der Waals surface area contributed by atoms with Crippen LogP contribution in [0.3, 0.4) is 0 Å². The maximum absolute atomic E-state index is 12.9. The number of hydrogen-bond acceptors (Lipinski definition) is 5. The van der Waals surface area contributed by atoms with Crippen LogP contribution in [0.1, 0.15) is 58.6 Å². The van der Waals surface area contributed by atoms with Crippen molar-refractivity contribution in [2.75, 3.05) is 40.6 Å². The molecular formula is C26H33NO5. The van der Waals surface area contributed by atoms with Crippen molar-refractivity contribution >= 4 is 11.7 Å². The maximum Gasteiger partial charge on any atom is 0.220 e. The third-order valence-corrected chi connectivity index (χ3v) is 5.97. The molecule has 32 heavy (non-hydrogen) atoms. The summed E-state index contributed by atoms with van der Waals surface area (Å²) in [6.45, 7) is 1.59. The van der Waals surface area contributed by atoms with Crippen LogP contribution < -0.4 is 5.32 Å². The van der Waals surface area contributed by atoms with Gasteiger partial charge in [0.05, 0.1) is 13.2 Å². The number of methoxy groups -OCH3 is 2. The summed E-state index contributed by atoms with van der Waals surface area (Å²) in [4.78, 5) is 24.8. The van der Waals surface area contributed by atoms with Gasteiger partial charge in [-0.1, -0.05) is 36.4 Å². The second-order valence-corrected chi connectivity index (χ2v) is 8.14. The molecular weight excluding hydrogens is 406 g/mol. The normalized spacial score (nSPS) is 14.2. The quantitative estimate of drug-likeness (QED) is 0.369. The Morgan fingerprint density at radius 1 is 1.00 bits per heavy atom. The molecule has 3 rings (SSSR count). The van der Waals surface area contributed by atoms with Crippen LogP contribution in [0.15, 0.2) is 36.4 Å². The van der Waals surface area contributed by atoms with Crippen molar-refractivity contribution in [1.82, 2.24) is 5.32 Å². The van der Waals surface area contributed by atoms with E-state index in [9.17, 15) is 14.7 Å². The first-order valence-corrected chi connectivity index (χ1v) is 11.3. The Hall–Kier alpha value is -2.54. The molecule has 6 heteroatoms. The Bertz CT molecular complexity index is 940. The minimum Gasteiger partial charge on any atom is -0.395 e. The third kappa shape index (κ3) is 5.63. The number of Topliss-reactive ketones (excluding diaryl/α,β-unsaturated/α-hetero) is 1. The van der Waals surface area contributed by atoms with Gasteiger partial charge in [-0.25, -0.2) is 0 Å². The lowest BCUT2D eigenvalue weighted by molar-refractivity contribution is -0.121. The number of carbonyl (C=O) groups is 2. The van der Waals surface area contributed by atoms with E-state index in [1.807, 2.05) is 18.2 Å². The molecule has 6 nitrogen and oxygen atoms in total. The van der Waals surface area contributed by atoms with Crippen molar-refractivity contribution in [3.63, 3.8) is 0 Å². The molecule has 2 aromatic rings. The van der Waals surface area contributed by atoms with Crippen LogP contribution in [-0.4, -0.2) is 57.4 Å². The van der Waals surface area contributed by atoms with E-state index < -0.39 is 0 Å². The third-order valence-electron chi connectivity index (χ3n) is 5.97. The number of carbonyl (C=O) groups excluding carboxylic acids is 2. The lowest BCUT2D eigenvalue weighted by Gasteiger charge is -2.11. The molecule has 0 heterocycles. The second kappa shape index (κ2) is 11.9. The van der Waals surface area contributed by atoms with Gasteiger partial charge in [0, 0.05) is 51.7 Å². The highest BCUT2D eigenvalue weighted by Gasteiger charge is 2.31. The van der Waals surface area contributed by atoms with Crippen LogP contribution in [0, 0.1) is 0 Å². The molecule has 1 aliphatic carbocycles. The summed E-state index contributed by atoms with van der Waals surface area (Å²) in [6.07, 6.45) is 3.12. The summed E-state index contributed by atoms with van der Waals surface area (Å²) in [5.74, 6) is -0.00324. The van der Waals surface area contributed by atoms with E-state index in [4.69, 9.17) is 9.47 Å². The van der Waals surface area contributed by atoms with Gasteiger partial charge in [0.1, 0.15) is 0 Å². The predicted octanol–water partition coefficient (Wildman–Crippen LogP) is 3.49. The molecule has 0 radical (unpaired) electrons. The standard InChI is InChI=1S/C26H33NO5/c1-31-14-5-9-24(29)21-8-4-7-19-23(17-28)22-16-18(11-12-20(22)26(19)21)6-3-10-25(30)27-13-15-32-2/h4,7-8,11-12,16,23,28H,3,5-6,9-10,13-15,17H2,1-2H3,(H,27,30). The number of aryl methyl sites for hydroxylation is 1. The highest BCUT2D eigenvalue weighted by atomic mass is 16.5. The van der Waals surface area contributed by atoms with E-state index in [1.165, 1.54) is 0 Å². The molecule has 0 saturated carbocycles. The number of ketones is 1. The Kier molecular flexibility index (Phi) is 8.97. The molecule has 1 unspecified atom stereocenters. The van der Waals surface area contributed by atoms with Gasteiger partial charge >= 0.3 is 0 Å². The molecule has 0 fully saturated rings. The van der Waals surface area contributed by atoms with Gasteiger partial charge in [-0.15, -0.1) is 0 Å². The monoisotopic (exact) mass is 439 g/mol. The first kappa shape index (κ1) is 24.1. The second-order valence-electron chi connectivity index (χ2n) is 8.14. The molecule has 2 N–H and O–H groups in total. The molecule has 0 bridgehead atoms. The largest absolute Gasteiger partial charge is 0.395 e. The number of amides is 1. The summed E-state index contributed by atoms with van der Waals surface area (Å²) >= 11 is 0. The zero-order valence-corrected chi connectivity index (χ0v) is 19.0. The lowest BCUT2D eigenvalue weighted by atomic mass is 9.93. The van der Waals surface area contributed by atoms with Gasteiger partial charge in [0.2, 0.25) is 5.91 Å². The predicted molar refractivity (Wildman–Crippen MR) is 124 cm³/mol. The number of benzene rings is 2. The fourth-order valence-corrected chi connectivity index (χ4v) is 4.39. The lowest BCUT2D eigenvalue weighted by Crippen LogP contribution is -2.26. The average molecular weight is 440 g/mol. The molecule has 0 aromatic heterocycles. The topological polar surface area (TPSA) is 84.9 Å². The highest BCUT2D eigenvalue weighted by Crippen LogP contribution is 2.47. The van der Waals surface area contributed by atoms with E-state index in [1.54, 1.807) is 14.2 Å². The highest BCUT2D eigenvalue weighted by molar-refractivity contribution is 6.04. The summed E-state index contributed by atoms with van der Waals surface area (Å²) < 4.78 is 10.0. The summed E-state index contributed by atoms with van der Waals surface area (Å²) in [5.41, 5.74) is 5.89. The molecule has 2 aromatic carbocycles. The van der Waals surface area contributed by atoms with Gasteiger partial charge in [-0.2, -0.15) is 0 Å². The molecule has 1 atom stereocenters. The smallest absolute Gasteiger partial charge is 0.220 e. The molecule has 0 saturated heterocycles. The van der Waals surface area contributed by atoms with Gasteiger partial charge < -0.3 is 19.9 Å². The summed E-state index contributed by atoms with van der Waals surface area (Å²) in [7, 11) is 3.25. The van der Waals surface area contributed by atoms with Crippen LogP contribution in [0.5, 0.6) is 0 Å². The molecule has 0 aliphatic heterocycles. The first-order valence-electron chi connectivity index (χ1n) is 11.3. The fraction of sp³-hybridized carbons (Fsp3) is 0.462. The van der Waals surface area contributed by atoms with E-state index in [0.717, 1.165) is 46.2 Å². The fourth-order valence-electron chi connectivity index (χ4n) is 4.39. The number of aliphatic hydroxyl groups is 1. The molecule has 1 amide bonds. The van der Waals surface area contributed by atoms with Gasteiger partial charge in [0.25, 0.3) is 0 Å². The van der Waals surface area contributed by atoms with Crippen LogP contribution in [-0.2, 0) is 20.7 Å². The number of hydrogen-bond donors (Lipinski definition) is 2. The van der Waals surface area contributed by atoms with Crippen LogP contribution in [0.25, 0.3) is 11.1 Å². The zero-order valence-electron chi connectivity index (χ0n) is 19.0. The van der Waals surface area contributed by atoms with E-state index in [0.29, 0.717) is 39.0 Å². The number of fused-ring (bicyclic) bond motifs is 3. The summed E-state index contributed by atoms with van der Waals surface area (Å²) in [5, 5.41) is 13.0. The SMILES string of the molecule is COCCCC(=O)c1cccc2c1-c1ccc(CCCC(=O)NCCOC)cc1C2CO. The Balaban J connectivity index is 1.74. The van der Waals surface area contributed by atoms with Crippen molar-refractivity contribution in [1.29, 1.82) is 0 Å². The van der Waals surface area contributed by atoms with Crippen molar-refractivity contribution in [2.45, 2.75) is 38.0 Å². The Morgan fingerprint density at radius 3 is 2.56 bits per heavy atom. The van der Waals surface area contributed by atoms with Crippen LogP contribution in [0.2, 0.25) is 0 Å². The van der Waals surface area contributed by atoms with Crippen LogP contribution in [0.4, 0.5) is 0 Å². The van der Waals surface area contributed by atoms with E-state index in [2.05, 4.69) is 23.5 Å². The van der Waals surface area contributed by atoms with Gasteiger partial charge in [-0.3, -0.25) is 9.59 Å². The van der Waals surface area contributed by atoms with Crippen molar-refractivity contribution in [3.05, 3.63) is 58.7 Å². The van der Waals surface area contributed by atoms with Crippen molar-refractivity contribution in [2.24, 2.45) is 0 Å². The van der Waals surface area contributed by atoms with Gasteiger partial charge in [0.15, 0.2) is 5.78 Å². The maximum atomic E-state index is 12.9. The molecule has 1 aliphatic rings. The van der Waals surface area contributed by atoms with E-state index in [-0.39, 0.29) is 24.2 Å². The van der Waals surface area contributed by atoms with E-state index >= 15 is 0 Å². The average Bonchev–Trinajstić information content (AvgIpc) is 3.12. The number of aliphatic hydroxyl groups excluding tert-OH is 1. The Labute approximate surface area is 189 Å². The number of ether oxygens (including phenoxy) is 2. The zero-order chi connectivity index (χ0) is 22.9. The number of nitrogens with one attached hydrogen (secondary N) is 1.